The maximum absolute atomic E-state index is 13.2. The zero-order valence-corrected chi connectivity index (χ0v) is 7.44. The van der Waals surface area contributed by atoms with Crippen molar-refractivity contribution in [1.82, 2.24) is 0 Å². The van der Waals surface area contributed by atoms with Crippen molar-refractivity contribution >= 4 is 11.6 Å². The van der Waals surface area contributed by atoms with E-state index in [1.807, 2.05) is 0 Å². The molecule has 1 nitrogen and oxygen atoms in total. The van der Waals surface area contributed by atoms with Crippen molar-refractivity contribution in [1.29, 1.82) is 0 Å². The van der Waals surface area contributed by atoms with Gasteiger partial charge in [-0.3, -0.25) is 0 Å². The predicted octanol–water partition coefficient (Wildman–Crippen LogP) is 3.21. The van der Waals surface area contributed by atoms with Crippen LogP contribution in [0.25, 0.3) is 0 Å². The standard InChI is InChI=1S/C9H7ClF2O/c10-7-3-1-2-6-8(7)13-5-4-9(6,11)12/h1-3H,4-5H2. The molecule has 0 unspecified atom stereocenters. The lowest BCUT2D eigenvalue weighted by molar-refractivity contribution is -0.0404. The first-order chi connectivity index (χ1) is 6.11. The minimum atomic E-state index is -2.81. The molecule has 70 valence electrons. The number of benzene rings is 1. The highest BCUT2D eigenvalue weighted by Crippen LogP contribution is 2.44. The van der Waals surface area contributed by atoms with Gasteiger partial charge in [-0.05, 0) is 12.1 Å². The van der Waals surface area contributed by atoms with Gasteiger partial charge in [0.1, 0.15) is 5.75 Å². The average molecular weight is 205 g/mol. The SMILES string of the molecule is FC1(F)CCOc2c(Cl)cccc21. The molecular weight excluding hydrogens is 198 g/mol. The van der Waals surface area contributed by atoms with Crippen LogP contribution < -0.4 is 4.74 Å². The molecule has 0 spiro atoms. The van der Waals surface area contributed by atoms with Gasteiger partial charge in [0.2, 0.25) is 0 Å². The number of halogens is 3. The Bertz CT molecular complexity index is 338. The van der Waals surface area contributed by atoms with Crippen LogP contribution in [0.1, 0.15) is 12.0 Å². The van der Waals surface area contributed by atoms with Crippen LogP contribution in [0, 0.1) is 0 Å². The van der Waals surface area contributed by atoms with Crippen LogP contribution in [-0.4, -0.2) is 6.61 Å². The lowest BCUT2D eigenvalue weighted by Crippen LogP contribution is -2.24. The Morgan fingerprint density at radius 1 is 1.38 bits per heavy atom. The molecule has 0 saturated carbocycles. The molecule has 0 aliphatic carbocycles. The molecule has 1 heterocycles. The molecule has 4 heteroatoms. The van der Waals surface area contributed by atoms with Gasteiger partial charge in [0.15, 0.2) is 0 Å². The maximum atomic E-state index is 13.2. The zero-order valence-electron chi connectivity index (χ0n) is 6.69. The third-order valence-electron chi connectivity index (χ3n) is 2.02. The molecule has 0 saturated heterocycles. The van der Waals surface area contributed by atoms with Gasteiger partial charge in [-0.15, -0.1) is 0 Å². The largest absolute Gasteiger partial charge is 0.491 e. The van der Waals surface area contributed by atoms with E-state index in [0.29, 0.717) is 0 Å². The summed E-state index contributed by atoms with van der Waals surface area (Å²) in [5.74, 6) is -2.68. The smallest absolute Gasteiger partial charge is 0.280 e. The summed E-state index contributed by atoms with van der Waals surface area (Å²) in [5, 5.41) is 0.247. The number of hydrogen-bond donors (Lipinski definition) is 0. The molecule has 1 aliphatic heterocycles. The van der Waals surface area contributed by atoms with Gasteiger partial charge in [0, 0.05) is 0 Å². The number of fused-ring (bicyclic) bond motifs is 1. The van der Waals surface area contributed by atoms with Crippen LogP contribution in [0.15, 0.2) is 18.2 Å². The van der Waals surface area contributed by atoms with E-state index in [9.17, 15) is 8.78 Å². The summed E-state index contributed by atoms with van der Waals surface area (Å²) in [6.07, 6.45) is -0.277. The Labute approximate surface area is 79.3 Å². The number of rotatable bonds is 0. The van der Waals surface area contributed by atoms with Crippen LogP contribution in [0.3, 0.4) is 0 Å². The first-order valence-electron chi connectivity index (χ1n) is 3.91. The molecule has 0 bridgehead atoms. The van der Waals surface area contributed by atoms with Gasteiger partial charge < -0.3 is 4.74 Å². The van der Waals surface area contributed by atoms with E-state index in [2.05, 4.69) is 0 Å². The fourth-order valence-corrected chi connectivity index (χ4v) is 1.59. The number of para-hydroxylation sites is 1. The maximum Gasteiger partial charge on any atom is 0.280 e. The predicted molar refractivity (Wildman–Crippen MR) is 45.5 cm³/mol. The van der Waals surface area contributed by atoms with Crippen molar-refractivity contribution in [3.05, 3.63) is 28.8 Å². The van der Waals surface area contributed by atoms with Gasteiger partial charge >= 0.3 is 0 Å². The van der Waals surface area contributed by atoms with E-state index < -0.39 is 5.92 Å². The summed E-state index contributed by atoms with van der Waals surface area (Å²) in [4.78, 5) is 0. The number of alkyl halides is 2. The van der Waals surface area contributed by atoms with Crippen molar-refractivity contribution in [2.75, 3.05) is 6.61 Å². The Balaban J connectivity index is 2.58. The van der Waals surface area contributed by atoms with Gasteiger partial charge in [-0.25, -0.2) is 8.78 Å². The summed E-state index contributed by atoms with van der Waals surface area (Å²) in [6, 6.07) is 4.39. The van der Waals surface area contributed by atoms with Gasteiger partial charge in [0.05, 0.1) is 23.6 Å². The second-order valence-electron chi connectivity index (χ2n) is 2.92. The Morgan fingerprint density at radius 2 is 2.15 bits per heavy atom. The van der Waals surface area contributed by atoms with Crippen molar-refractivity contribution in [3.63, 3.8) is 0 Å². The van der Waals surface area contributed by atoms with Crippen molar-refractivity contribution in [2.24, 2.45) is 0 Å². The second kappa shape index (κ2) is 2.84. The minimum absolute atomic E-state index is 0.0176. The molecule has 0 amide bonds. The summed E-state index contributed by atoms with van der Waals surface area (Å²) < 4.78 is 31.6. The van der Waals surface area contributed by atoms with Crippen LogP contribution in [0.4, 0.5) is 8.78 Å². The molecule has 0 atom stereocenters. The topological polar surface area (TPSA) is 9.23 Å². The summed E-state index contributed by atoms with van der Waals surface area (Å²) >= 11 is 5.71. The third kappa shape index (κ3) is 1.37. The third-order valence-corrected chi connectivity index (χ3v) is 2.32. The van der Waals surface area contributed by atoms with Crippen LogP contribution in [0.5, 0.6) is 5.75 Å². The van der Waals surface area contributed by atoms with Gasteiger partial charge in [-0.1, -0.05) is 17.7 Å². The highest BCUT2D eigenvalue weighted by Gasteiger charge is 2.38. The molecular formula is C9H7ClF2O. The quantitative estimate of drug-likeness (QED) is 0.631. The highest BCUT2D eigenvalue weighted by molar-refractivity contribution is 6.32. The molecule has 0 N–H and O–H groups in total. The molecule has 0 fully saturated rings. The van der Waals surface area contributed by atoms with E-state index in [1.54, 1.807) is 6.07 Å². The normalized spacial score (nSPS) is 19.0. The van der Waals surface area contributed by atoms with E-state index in [-0.39, 0.29) is 29.4 Å². The van der Waals surface area contributed by atoms with E-state index >= 15 is 0 Å². The Morgan fingerprint density at radius 3 is 2.85 bits per heavy atom. The van der Waals surface area contributed by atoms with Crippen molar-refractivity contribution < 1.29 is 13.5 Å². The van der Waals surface area contributed by atoms with Crippen LogP contribution in [0.2, 0.25) is 5.02 Å². The fraction of sp³-hybridized carbons (Fsp3) is 0.333. The highest BCUT2D eigenvalue weighted by atomic mass is 35.5. The summed E-state index contributed by atoms with van der Waals surface area (Å²) in [5.41, 5.74) is -0.105. The monoisotopic (exact) mass is 204 g/mol. The Hall–Kier alpha value is -0.830. The Kier molecular flexibility index (Phi) is 1.91. The second-order valence-corrected chi connectivity index (χ2v) is 3.33. The fourth-order valence-electron chi connectivity index (χ4n) is 1.36. The van der Waals surface area contributed by atoms with E-state index in [0.717, 1.165) is 0 Å². The van der Waals surface area contributed by atoms with Crippen molar-refractivity contribution in [2.45, 2.75) is 12.3 Å². The molecule has 2 rings (SSSR count). The van der Waals surface area contributed by atoms with E-state index in [1.165, 1.54) is 12.1 Å². The summed E-state index contributed by atoms with van der Waals surface area (Å²) in [7, 11) is 0. The molecule has 1 aromatic carbocycles. The zero-order chi connectivity index (χ0) is 9.47. The van der Waals surface area contributed by atoms with Crippen molar-refractivity contribution in [3.8, 4) is 5.75 Å². The van der Waals surface area contributed by atoms with Gasteiger partial charge in [-0.2, -0.15) is 0 Å². The number of ether oxygens (including phenoxy) is 1. The number of hydrogen-bond acceptors (Lipinski definition) is 1. The van der Waals surface area contributed by atoms with E-state index in [4.69, 9.17) is 16.3 Å². The lowest BCUT2D eigenvalue weighted by atomic mass is 10.0. The van der Waals surface area contributed by atoms with Crippen LogP contribution in [-0.2, 0) is 5.92 Å². The lowest BCUT2D eigenvalue weighted by Gasteiger charge is -2.25. The molecule has 1 aliphatic rings. The average Bonchev–Trinajstić information content (AvgIpc) is 2.06. The molecule has 0 radical (unpaired) electrons. The molecule has 1 aromatic rings. The molecule has 0 aromatic heterocycles. The minimum Gasteiger partial charge on any atom is -0.491 e. The first-order valence-corrected chi connectivity index (χ1v) is 4.29. The first kappa shape index (κ1) is 8.75. The van der Waals surface area contributed by atoms with Crippen LogP contribution >= 0.6 is 11.6 Å². The van der Waals surface area contributed by atoms with Gasteiger partial charge in [0.25, 0.3) is 5.92 Å². The summed E-state index contributed by atoms with van der Waals surface area (Å²) in [6.45, 7) is 0.0176. The molecule has 13 heavy (non-hydrogen) atoms.